The van der Waals surface area contributed by atoms with Crippen molar-refractivity contribution in [3.05, 3.63) is 41.8 Å². The minimum Gasteiger partial charge on any atom is -0.367 e. The summed E-state index contributed by atoms with van der Waals surface area (Å²) in [6, 6.07) is 10.5. The van der Waals surface area contributed by atoms with E-state index >= 15 is 0 Å². The molecule has 0 amide bonds. The first-order valence-corrected chi connectivity index (χ1v) is 9.67. The first-order valence-electron chi connectivity index (χ1n) is 8.23. The highest BCUT2D eigenvalue weighted by molar-refractivity contribution is 7.89. The van der Waals surface area contributed by atoms with Gasteiger partial charge in [0.1, 0.15) is 10.6 Å². The Hall–Kier alpha value is -1.86. The van der Waals surface area contributed by atoms with Crippen LogP contribution in [0.2, 0.25) is 0 Å². The number of nitrogens with zero attached hydrogens (tertiary/aromatic N) is 3. The maximum Gasteiger partial charge on any atom is 0.248 e. The summed E-state index contributed by atoms with van der Waals surface area (Å²) in [7, 11) is -3.55. The molecule has 0 bridgehead atoms. The predicted octanol–water partition coefficient (Wildman–Crippen LogP) is 2.19. The standard InChI is InChI=1S/C17H21N3O3S/c1-12-17(13(2)23-18-12)24(21,22)19-10-14-8-9-20(16(14)11-19)15-6-4-3-5-7-15/h3-7,14,16H,8-11H2,1-2H3/t14-,16-/m0/s1. The van der Waals surface area contributed by atoms with Crippen molar-refractivity contribution in [1.82, 2.24) is 9.46 Å². The predicted molar refractivity (Wildman–Crippen MR) is 90.4 cm³/mol. The van der Waals surface area contributed by atoms with Gasteiger partial charge in [0.15, 0.2) is 5.76 Å². The Bertz CT molecular complexity index is 828. The third-order valence-electron chi connectivity index (χ3n) is 5.17. The summed E-state index contributed by atoms with van der Waals surface area (Å²) in [6.45, 7) is 5.40. The Kier molecular flexibility index (Phi) is 3.65. The summed E-state index contributed by atoms with van der Waals surface area (Å²) in [5.41, 5.74) is 1.60. The zero-order chi connectivity index (χ0) is 16.9. The molecule has 0 spiro atoms. The summed E-state index contributed by atoms with van der Waals surface area (Å²) < 4.78 is 32.7. The molecule has 0 radical (unpaired) electrons. The average molecular weight is 347 g/mol. The normalized spacial score (nSPS) is 24.5. The molecule has 0 aliphatic carbocycles. The van der Waals surface area contributed by atoms with Crippen molar-refractivity contribution in [1.29, 1.82) is 0 Å². The molecule has 0 unspecified atom stereocenters. The van der Waals surface area contributed by atoms with Crippen LogP contribution >= 0.6 is 0 Å². The number of anilines is 1. The van der Waals surface area contributed by atoms with Gasteiger partial charge in [-0.2, -0.15) is 4.31 Å². The van der Waals surface area contributed by atoms with E-state index in [1.54, 1.807) is 18.2 Å². The van der Waals surface area contributed by atoms with Gasteiger partial charge in [-0.05, 0) is 38.3 Å². The number of hydrogen-bond donors (Lipinski definition) is 0. The lowest BCUT2D eigenvalue weighted by atomic mass is 10.1. The molecule has 128 valence electrons. The largest absolute Gasteiger partial charge is 0.367 e. The summed E-state index contributed by atoms with van der Waals surface area (Å²) in [5.74, 6) is 0.741. The minimum absolute atomic E-state index is 0.230. The fourth-order valence-corrected chi connectivity index (χ4v) is 5.84. The van der Waals surface area contributed by atoms with Crippen molar-refractivity contribution >= 4 is 15.7 Å². The molecule has 2 aliphatic rings. The maximum absolute atomic E-state index is 13.0. The lowest BCUT2D eigenvalue weighted by Gasteiger charge is -2.26. The van der Waals surface area contributed by atoms with Crippen LogP contribution < -0.4 is 4.90 Å². The minimum atomic E-state index is -3.55. The molecule has 0 N–H and O–H groups in total. The third kappa shape index (κ3) is 2.34. The molecule has 6 nitrogen and oxygen atoms in total. The van der Waals surface area contributed by atoms with E-state index in [1.165, 1.54) is 5.69 Å². The van der Waals surface area contributed by atoms with Crippen LogP contribution in [0.1, 0.15) is 17.9 Å². The van der Waals surface area contributed by atoms with Crippen LogP contribution in [0.4, 0.5) is 5.69 Å². The van der Waals surface area contributed by atoms with Crippen molar-refractivity contribution in [3.63, 3.8) is 0 Å². The highest BCUT2D eigenvalue weighted by atomic mass is 32.2. The zero-order valence-corrected chi connectivity index (χ0v) is 14.7. The molecule has 1 aromatic carbocycles. The maximum atomic E-state index is 13.0. The van der Waals surface area contributed by atoms with Crippen molar-refractivity contribution in [2.24, 2.45) is 5.92 Å². The van der Waals surface area contributed by atoms with Crippen LogP contribution in [0, 0.1) is 19.8 Å². The Labute approximate surface area is 142 Å². The van der Waals surface area contributed by atoms with E-state index < -0.39 is 10.0 Å². The van der Waals surface area contributed by atoms with Crippen LogP contribution in [0.3, 0.4) is 0 Å². The molecule has 2 atom stereocenters. The van der Waals surface area contributed by atoms with E-state index in [0.717, 1.165) is 13.0 Å². The van der Waals surface area contributed by atoms with Crippen molar-refractivity contribution < 1.29 is 12.9 Å². The summed E-state index contributed by atoms with van der Waals surface area (Å²) in [5, 5.41) is 3.80. The Morgan fingerprint density at radius 1 is 1.17 bits per heavy atom. The molecule has 0 saturated carbocycles. The van der Waals surface area contributed by atoms with Crippen molar-refractivity contribution in [2.45, 2.75) is 31.2 Å². The second-order valence-corrected chi connectivity index (χ2v) is 8.50. The highest BCUT2D eigenvalue weighted by Gasteiger charge is 2.46. The van der Waals surface area contributed by atoms with Crippen molar-refractivity contribution in [3.8, 4) is 0 Å². The number of para-hydroxylation sites is 1. The molecule has 7 heteroatoms. The zero-order valence-electron chi connectivity index (χ0n) is 13.8. The number of fused-ring (bicyclic) bond motifs is 1. The van der Waals surface area contributed by atoms with E-state index in [1.807, 2.05) is 18.2 Å². The van der Waals surface area contributed by atoms with Crippen LogP contribution in [0.15, 0.2) is 39.8 Å². The van der Waals surface area contributed by atoms with Crippen LogP contribution in [0.25, 0.3) is 0 Å². The number of hydrogen-bond acceptors (Lipinski definition) is 5. The van der Waals surface area contributed by atoms with Gasteiger partial charge < -0.3 is 9.42 Å². The number of sulfonamides is 1. The Morgan fingerprint density at radius 2 is 1.92 bits per heavy atom. The second-order valence-electron chi connectivity index (χ2n) is 6.62. The van der Waals surface area contributed by atoms with E-state index in [2.05, 4.69) is 22.2 Å². The smallest absolute Gasteiger partial charge is 0.248 e. The molecule has 2 fully saturated rings. The van der Waals surface area contributed by atoms with Gasteiger partial charge in [-0.15, -0.1) is 0 Å². The molecule has 3 heterocycles. The summed E-state index contributed by atoms with van der Waals surface area (Å²) >= 11 is 0. The first-order chi connectivity index (χ1) is 11.5. The van der Waals surface area contributed by atoms with Crippen LogP contribution in [0.5, 0.6) is 0 Å². The third-order valence-corrected chi connectivity index (χ3v) is 7.24. The summed E-state index contributed by atoms with van der Waals surface area (Å²) in [6.07, 6.45) is 1.02. The van der Waals surface area contributed by atoms with E-state index in [9.17, 15) is 8.42 Å². The highest BCUT2D eigenvalue weighted by Crippen LogP contribution is 2.37. The lowest BCUT2D eigenvalue weighted by molar-refractivity contribution is 0.389. The van der Waals surface area contributed by atoms with Gasteiger partial charge >= 0.3 is 0 Å². The van der Waals surface area contributed by atoms with Gasteiger partial charge in [-0.1, -0.05) is 23.4 Å². The molecule has 2 aromatic rings. The first kappa shape index (κ1) is 15.7. The van der Waals surface area contributed by atoms with Crippen molar-refractivity contribution in [2.75, 3.05) is 24.5 Å². The van der Waals surface area contributed by atoms with Gasteiger partial charge in [0, 0.05) is 31.4 Å². The second kappa shape index (κ2) is 5.60. The Balaban J connectivity index is 1.61. The van der Waals surface area contributed by atoms with Gasteiger partial charge in [-0.25, -0.2) is 8.42 Å². The molecule has 1 aromatic heterocycles. The molecular formula is C17H21N3O3S. The van der Waals surface area contributed by atoms with Gasteiger partial charge in [0.2, 0.25) is 10.0 Å². The fourth-order valence-electron chi connectivity index (χ4n) is 4.03. The van der Waals surface area contributed by atoms with E-state index in [0.29, 0.717) is 30.5 Å². The molecule has 24 heavy (non-hydrogen) atoms. The number of aromatic nitrogens is 1. The molecular weight excluding hydrogens is 326 g/mol. The molecule has 2 aliphatic heterocycles. The van der Waals surface area contributed by atoms with Gasteiger partial charge in [-0.3, -0.25) is 0 Å². The molecule has 4 rings (SSSR count). The van der Waals surface area contributed by atoms with Crippen LogP contribution in [-0.4, -0.2) is 43.6 Å². The topological polar surface area (TPSA) is 66.7 Å². The SMILES string of the molecule is Cc1noc(C)c1S(=O)(=O)N1C[C@@H]2CCN(c3ccccc3)[C@H]2C1. The lowest BCUT2D eigenvalue weighted by Crippen LogP contribution is -2.37. The average Bonchev–Trinajstić information content (AvgIpc) is 3.22. The van der Waals surface area contributed by atoms with Gasteiger partial charge in [0.05, 0.1) is 0 Å². The quantitative estimate of drug-likeness (QED) is 0.851. The number of aryl methyl sites for hydroxylation is 2. The summed E-state index contributed by atoms with van der Waals surface area (Å²) in [4.78, 5) is 2.57. The van der Waals surface area contributed by atoms with Crippen LogP contribution in [-0.2, 0) is 10.0 Å². The fraction of sp³-hybridized carbons (Fsp3) is 0.471. The number of benzene rings is 1. The van der Waals surface area contributed by atoms with E-state index in [-0.39, 0.29) is 10.9 Å². The molecule has 2 saturated heterocycles. The number of rotatable bonds is 3. The Morgan fingerprint density at radius 3 is 2.58 bits per heavy atom. The monoisotopic (exact) mass is 347 g/mol. The van der Waals surface area contributed by atoms with E-state index in [4.69, 9.17) is 4.52 Å². The van der Waals surface area contributed by atoms with Gasteiger partial charge in [0.25, 0.3) is 0 Å².